The van der Waals surface area contributed by atoms with Gasteiger partial charge in [-0.25, -0.2) is 4.98 Å². The summed E-state index contributed by atoms with van der Waals surface area (Å²) < 4.78 is 7.52. The lowest BCUT2D eigenvalue weighted by Gasteiger charge is -2.19. The lowest BCUT2D eigenvalue weighted by Crippen LogP contribution is -2.37. The van der Waals surface area contributed by atoms with Crippen LogP contribution in [0, 0.1) is 5.92 Å². The van der Waals surface area contributed by atoms with E-state index in [2.05, 4.69) is 28.9 Å². The van der Waals surface area contributed by atoms with Crippen molar-refractivity contribution in [3.05, 3.63) is 47.6 Å². The maximum Gasteiger partial charge on any atom is 0.305 e. The van der Waals surface area contributed by atoms with Crippen LogP contribution in [0.2, 0.25) is 0 Å². The van der Waals surface area contributed by atoms with Crippen LogP contribution in [-0.2, 0) is 11.2 Å². The van der Waals surface area contributed by atoms with Gasteiger partial charge in [0.05, 0.1) is 30.1 Å². The van der Waals surface area contributed by atoms with Gasteiger partial charge in [-0.15, -0.1) is 0 Å². The van der Waals surface area contributed by atoms with E-state index in [-0.39, 0.29) is 24.3 Å². The van der Waals surface area contributed by atoms with Crippen molar-refractivity contribution in [1.82, 2.24) is 20.0 Å². The van der Waals surface area contributed by atoms with E-state index in [1.807, 2.05) is 26.0 Å². The zero-order valence-electron chi connectivity index (χ0n) is 19.2. The van der Waals surface area contributed by atoms with Gasteiger partial charge in [0.1, 0.15) is 11.6 Å². The summed E-state index contributed by atoms with van der Waals surface area (Å²) in [5.74, 6) is 0.666. The number of nitrogens with zero attached hydrogens (tertiary/aromatic N) is 3. The van der Waals surface area contributed by atoms with Crippen molar-refractivity contribution in [3.8, 4) is 0 Å². The van der Waals surface area contributed by atoms with Crippen LogP contribution in [0.5, 0.6) is 0 Å². The molecule has 1 aromatic carbocycles. The minimum Gasteiger partial charge on any atom is -0.481 e. The number of carbonyl (C=O) groups excluding carboxylic acids is 1. The first-order valence-corrected chi connectivity index (χ1v) is 11.2. The summed E-state index contributed by atoms with van der Waals surface area (Å²) in [4.78, 5) is 28.9. The third kappa shape index (κ3) is 5.55. The van der Waals surface area contributed by atoms with Gasteiger partial charge in [0, 0.05) is 23.7 Å². The van der Waals surface area contributed by atoms with Crippen molar-refractivity contribution in [3.63, 3.8) is 0 Å². The highest BCUT2D eigenvalue weighted by molar-refractivity contribution is 5.97. The molecule has 0 aliphatic carbocycles. The highest BCUT2D eigenvalue weighted by Crippen LogP contribution is 2.27. The number of nitrogens with one attached hydrogen (secondary N) is 1. The van der Waals surface area contributed by atoms with Crippen molar-refractivity contribution in [1.29, 1.82) is 0 Å². The second-order valence-corrected chi connectivity index (χ2v) is 8.63. The molecular formula is C24H32N4O4. The average molecular weight is 441 g/mol. The van der Waals surface area contributed by atoms with Crippen molar-refractivity contribution in [2.24, 2.45) is 5.92 Å². The van der Waals surface area contributed by atoms with Crippen LogP contribution in [0.25, 0.3) is 11.0 Å². The summed E-state index contributed by atoms with van der Waals surface area (Å²) in [6, 6.07) is 7.17. The number of fused-ring (bicyclic) bond motifs is 1. The number of amides is 1. The highest BCUT2D eigenvalue weighted by Gasteiger charge is 2.21. The quantitative estimate of drug-likeness (QED) is 0.451. The number of carboxylic acids is 1. The maximum atomic E-state index is 12.9. The van der Waals surface area contributed by atoms with E-state index in [0.717, 1.165) is 35.5 Å². The number of benzene rings is 1. The summed E-state index contributed by atoms with van der Waals surface area (Å²) in [5, 5.41) is 15.9. The molecule has 3 aromatic rings. The van der Waals surface area contributed by atoms with Gasteiger partial charge in [-0.1, -0.05) is 32.9 Å². The molecule has 0 spiro atoms. The number of carbonyl (C=O) groups is 2. The molecule has 0 saturated heterocycles. The van der Waals surface area contributed by atoms with Gasteiger partial charge in [0.2, 0.25) is 0 Å². The van der Waals surface area contributed by atoms with E-state index in [1.54, 1.807) is 18.3 Å². The van der Waals surface area contributed by atoms with Gasteiger partial charge in [-0.2, -0.15) is 0 Å². The Labute approximate surface area is 188 Å². The minimum absolute atomic E-state index is 0.100. The molecule has 1 amide bonds. The van der Waals surface area contributed by atoms with Crippen molar-refractivity contribution < 1.29 is 19.2 Å². The van der Waals surface area contributed by atoms with Gasteiger partial charge >= 0.3 is 5.97 Å². The molecule has 172 valence electrons. The largest absolute Gasteiger partial charge is 0.481 e. The molecule has 0 aliphatic heterocycles. The van der Waals surface area contributed by atoms with Gasteiger partial charge in [0.25, 0.3) is 5.91 Å². The first kappa shape index (κ1) is 23.5. The fourth-order valence-corrected chi connectivity index (χ4v) is 4.21. The number of carboxylic acid groups (broad SMARTS) is 1. The molecule has 8 heteroatoms. The fraction of sp³-hybridized carbons (Fsp3) is 0.500. The van der Waals surface area contributed by atoms with Crippen LogP contribution in [-0.4, -0.2) is 37.7 Å². The van der Waals surface area contributed by atoms with Crippen molar-refractivity contribution in [2.75, 3.05) is 0 Å². The molecule has 0 fully saturated rings. The molecule has 3 rings (SSSR count). The van der Waals surface area contributed by atoms with Crippen LogP contribution >= 0.6 is 0 Å². The SMILES string of the molecule is CCC(CC)n1c(Cc2ccno2)nc2cc(C(=O)N[C@H](CC(=O)O)CC(C)C)ccc21. The topological polar surface area (TPSA) is 110 Å². The number of hydrogen-bond acceptors (Lipinski definition) is 5. The monoisotopic (exact) mass is 440 g/mol. The number of aliphatic carboxylic acids is 1. The molecule has 0 unspecified atom stereocenters. The zero-order chi connectivity index (χ0) is 23.3. The third-order valence-electron chi connectivity index (χ3n) is 5.67. The van der Waals surface area contributed by atoms with E-state index in [0.29, 0.717) is 18.4 Å². The lowest BCUT2D eigenvalue weighted by molar-refractivity contribution is -0.137. The second-order valence-electron chi connectivity index (χ2n) is 8.63. The summed E-state index contributed by atoms with van der Waals surface area (Å²) in [5.41, 5.74) is 2.17. The summed E-state index contributed by atoms with van der Waals surface area (Å²) in [6.07, 6.45) is 4.55. The second kappa shape index (κ2) is 10.4. The first-order chi connectivity index (χ1) is 15.3. The van der Waals surface area contributed by atoms with Gasteiger partial charge in [-0.3, -0.25) is 9.59 Å². The predicted molar refractivity (Wildman–Crippen MR) is 122 cm³/mol. The van der Waals surface area contributed by atoms with Crippen LogP contribution in [0.3, 0.4) is 0 Å². The highest BCUT2D eigenvalue weighted by atomic mass is 16.5. The normalized spacial score (nSPS) is 12.6. The van der Waals surface area contributed by atoms with E-state index in [4.69, 9.17) is 9.51 Å². The molecule has 1 atom stereocenters. The summed E-state index contributed by atoms with van der Waals surface area (Å²) in [7, 11) is 0. The number of imidazole rings is 1. The van der Waals surface area contributed by atoms with Crippen molar-refractivity contribution >= 4 is 22.9 Å². The van der Waals surface area contributed by atoms with Gasteiger partial charge < -0.3 is 19.5 Å². The van der Waals surface area contributed by atoms with Crippen LogP contribution in [0.15, 0.2) is 35.0 Å². The Kier molecular flexibility index (Phi) is 7.66. The molecule has 8 nitrogen and oxygen atoms in total. The Morgan fingerprint density at radius 1 is 1.19 bits per heavy atom. The van der Waals surface area contributed by atoms with E-state index < -0.39 is 12.0 Å². The predicted octanol–water partition coefficient (Wildman–Crippen LogP) is 4.60. The fourth-order valence-electron chi connectivity index (χ4n) is 4.21. The number of aromatic nitrogens is 3. The van der Waals surface area contributed by atoms with E-state index in [9.17, 15) is 14.7 Å². The van der Waals surface area contributed by atoms with Crippen molar-refractivity contribution in [2.45, 2.75) is 71.9 Å². The van der Waals surface area contributed by atoms with E-state index in [1.165, 1.54) is 0 Å². The van der Waals surface area contributed by atoms with Gasteiger partial charge in [0.15, 0.2) is 0 Å². The maximum absolute atomic E-state index is 12.9. The molecule has 0 radical (unpaired) electrons. The minimum atomic E-state index is -0.924. The molecule has 2 N–H and O–H groups in total. The Balaban J connectivity index is 1.93. The Morgan fingerprint density at radius 2 is 1.94 bits per heavy atom. The standard InChI is InChI=1S/C24H32N4O4/c1-5-18(6-2)28-21-8-7-16(24(31)26-17(11-15(3)4)13-23(29)30)12-20(21)27-22(28)14-19-9-10-25-32-19/h7-10,12,15,17-18H,5-6,11,13-14H2,1-4H3,(H,26,31)(H,29,30)/t17-/m0/s1. The number of rotatable bonds is 11. The molecule has 2 heterocycles. The smallest absolute Gasteiger partial charge is 0.305 e. The first-order valence-electron chi connectivity index (χ1n) is 11.2. The molecule has 0 aliphatic rings. The molecule has 0 bridgehead atoms. The number of hydrogen-bond donors (Lipinski definition) is 2. The third-order valence-corrected chi connectivity index (χ3v) is 5.67. The average Bonchev–Trinajstić information content (AvgIpc) is 3.36. The molecule has 32 heavy (non-hydrogen) atoms. The molecular weight excluding hydrogens is 408 g/mol. The summed E-state index contributed by atoms with van der Waals surface area (Å²) in [6.45, 7) is 8.32. The Bertz CT molecular complexity index is 1050. The summed E-state index contributed by atoms with van der Waals surface area (Å²) >= 11 is 0. The van der Waals surface area contributed by atoms with Crippen LogP contribution in [0.4, 0.5) is 0 Å². The lowest BCUT2D eigenvalue weighted by atomic mass is 10.0. The zero-order valence-corrected chi connectivity index (χ0v) is 19.2. The Hall–Kier alpha value is -3.16. The Morgan fingerprint density at radius 3 is 2.53 bits per heavy atom. The van der Waals surface area contributed by atoms with E-state index >= 15 is 0 Å². The van der Waals surface area contributed by atoms with Crippen LogP contribution in [0.1, 0.15) is 81.4 Å². The molecule has 2 aromatic heterocycles. The van der Waals surface area contributed by atoms with Crippen LogP contribution < -0.4 is 5.32 Å². The molecule has 0 saturated carbocycles. The van der Waals surface area contributed by atoms with Gasteiger partial charge in [-0.05, 0) is 43.4 Å².